The number of hydrogen-bond acceptors (Lipinski definition) is 7. The number of rotatable bonds is 11. The summed E-state index contributed by atoms with van der Waals surface area (Å²) in [5, 5.41) is 2.99. The van der Waals surface area contributed by atoms with Crippen LogP contribution in [0.1, 0.15) is 43.0 Å². The van der Waals surface area contributed by atoms with Gasteiger partial charge in [-0.05, 0) is 48.9 Å². The highest BCUT2D eigenvalue weighted by molar-refractivity contribution is 6.31. The summed E-state index contributed by atoms with van der Waals surface area (Å²) in [5.74, 6) is -2.19. The molecular weight excluding hydrogens is 488 g/mol. The van der Waals surface area contributed by atoms with Crippen molar-refractivity contribution in [3.63, 3.8) is 0 Å². The average molecular weight is 517 g/mol. The zero-order valence-corrected chi connectivity index (χ0v) is 21.0. The van der Waals surface area contributed by atoms with Crippen LogP contribution < -0.4 is 15.0 Å². The smallest absolute Gasteiger partial charge is 0.338 e. The van der Waals surface area contributed by atoms with Crippen molar-refractivity contribution in [2.75, 3.05) is 37.1 Å². The Balaban J connectivity index is 1.50. The van der Waals surface area contributed by atoms with Gasteiger partial charge < -0.3 is 24.4 Å². The van der Waals surface area contributed by atoms with Crippen molar-refractivity contribution >= 4 is 46.7 Å². The van der Waals surface area contributed by atoms with Gasteiger partial charge >= 0.3 is 11.9 Å². The molecule has 0 radical (unpaired) electrons. The number of ether oxygens (including phenoxy) is 3. The lowest BCUT2D eigenvalue weighted by Crippen LogP contribution is -2.28. The maximum Gasteiger partial charge on any atom is 0.338 e. The summed E-state index contributed by atoms with van der Waals surface area (Å²) < 4.78 is 15.5. The molecule has 2 aromatic carbocycles. The Bertz CT molecular complexity index is 1100. The highest BCUT2D eigenvalue weighted by atomic mass is 35.5. The minimum absolute atomic E-state index is 0.0379. The topological polar surface area (TPSA) is 111 Å². The van der Waals surface area contributed by atoms with Gasteiger partial charge in [0, 0.05) is 23.7 Å². The van der Waals surface area contributed by atoms with Gasteiger partial charge in [-0.2, -0.15) is 0 Å². The molecule has 0 aromatic heterocycles. The monoisotopic (exact) mass is 516 g/mol. The molecule has 1 heterocycles. The number of hydrogen-bond donors (Lipinski definition) is 1. The van der Waals surface area contributed by atoms with Crippen molar-refractivity contribution in [1.82, 2.24) is 0 Å². The summed E-state index contributed by atoms with van der Waals surface area (Å²) in [6.45, 7) is 2.03. The van der Waals surface area contributed by atoms with E-state index >= 15 is 0 Å². The Morgan fingerprint density at radius 1 is 1.08 bits per heavy atom. The molecule has 3 rings (SSSR count). The quantitative estimate of drug-likeness (QED) is 0.351. The highest BCUT2D eigenvalue weighted by Gasteiger charge is 2.36. The van der Waals surface area contributed by atoms with Crippen molar-refractivity contribution in [2.24, 2.45) is 5.92 Å². The van der Waals surface area contributed by atoms with E-state index in [1.165, 1.54) is 18.1 Å². The number of anilines is 2. The average Bonchev–Trinajstić information content (AvgIpc) is 3.27. The van der Waals surface area contributed by atoms with Crippen LogP contribution >= 0.6 is 11.6 Å². The van der Waals surface area contributed by atoms with Crippen molar-refractivity contribution in [1.29, 1.82) is 0 Å². The molecule has 192 valence electrons. The third-order valence-corrected chi connectivity index (χ3v) is 5.87. The number of carbonyl (C=O) groups is 4. The minimum atomic E-state index is -0.714. The van der Waals surface area contributed by atoms with E-state index in [1.807, 2.05) is 0 Å². The largest absolute Gasteiger partial charge is 0.495 e. The van der Waals surface area contributed by atoms with Crippen molar-refractivity contribution in [3.05, 3.63) is 53.1 Å². The first-order valence-electron chi connectivity index (χ1n) is 11.7. The van der Waals surface area contributed by atoms with Gasteiger partial charge in [0.25, 0.3) is 5.91 Å². The molecule has 9 nitrogen and oxygen atoms in total. The number of methoxy groups -OCH3 is 1. The van der Waals surface area contributed by atoms with E-state index in [0.717, 1.165) is 19.3 Å². The van der Waals surface area contributed by atoms with Crippen molar-refractivity contribution in [3.8, 4) is 5.75 Å². The van der Waals surface area contributed by atoms with E-state index < -0.39 is 30.4 Å². The molecule has 0 unspecified atom stereocenters. The Morgan fingerprint density at radius 2 is 1.83 bits per heavy atom. The molecule has 1 aliphatic heterocycles. The molecule has 0 bridgehead atoms. The zero-order chi connectivity index (χ0) is 26.1. The van der Waals surface area contributed by atoms with Crippen molar-refractivity contribution in [2.45, 2.75) is 32.6 Å². The molecular formula is C26H29ClN2O7. The summed E-state index contributed by atoms with van der Waals surface area (Å²) in [6.07, 6.45) is 2.81. The van der Waals surface area contributed by atoms with Gasteiger partial charge in [0.2, 0.25) is 5.91 Å². The van der Waals surface area contributed by atoms with Gasteiger partial charge in [0.05, 0.1) is 30.9 Å². The SMILES string of the molecule is CCCCCOC(=O)c1ccc(N2C[C@@H](C(=O)OCC(=O)Nc3cc(Cl)ccc3OC)CC2=O)cc1. The second kappa shape index (κ2) is 12.9. The van der Waals surface area contributed by atoms with Gasteiger partial charge in [0.1, 0.15) is 5.75 Å². The van der Waals surface area contributed by atoms with Crippen LogP contribution in [0.4, 0.5) is 11.4 Å². The van der Waals surface area contributed by atoms with Gasteiger partial charge in [0.15, 0.2) is 6.61 Å². The second-order valence-corrected chi connectivity index (χ2v) is 8.73. The number of nitrogens with one attached hydrogen (secondary N) is 1. The van der Waals surface area contributed by atoms with Crippen molar-refractivity contribution < 1.29 is 33.4 Å². The molecule has 0 spiro atoms. The Hall–Kier alpha value is -3.59. The number of unbranched alkanes of at least 4 members (excludes halogenated alkanes) is 2. The Kier molecular flexibility index (Phi) is 9.69. The van der Waals surface area contributed by atoms with Crippen LogP contribution in [0.3, 0.4) is 0 Å². The number of benzene rings is 2. The summed E-state index contributed by atoms with van der Waals surface area (Å²) in [5.41, 5.74) is 1.30. The number of esters is 2. The fourth-order valence-corrected chi connectivity index (χ4v) is 3.88. The van der Waals surface area contributed by atoms with Crippen LogP contribution in [0.15, 0.2) is 42.5 Å². The summed E-state index contributed by atoms with van der Waals surface area (Å²) >= 11 is 5.95. The van der Waals surface area contributed by atoms with Gasteiger partial charge in [-0.3, -0.25) is 14.4 Å². The summed E-state index contributed by atoms with van der Waals surface area (Å²) in [6, 6.07) is 11.2. The lowest BCUT2D eigenvalue weighted by atomic mass is 10.1. The number of nitrogens with zero attached hydrogens (tertiary/aromatic N) is 1. The fourth-order valence-electron chi connectivity index (χ4n) is 3.71. The lowest BCUT2D eigenvalue weighted by molar-refractivity contribution is -0.151. The first kappa shape index (κ1) is 27.0. The minimum Gasteiger partial charge on any atom is -0.495 e. The highest BCUT2D eigenvalue weighted by Crippen LogP contribution is 2.28. The Morgan fingerprint density at radius 3 is 2.53 bits per heavy atom. The molecule has 1 atom stereocenters. The molecule has 1 saturated heterocycles. The molecule has 1 aliphatic rings. The van der Waals surface area contributed by atoms with E-state index in [-0.39, 0.29) is 18.9 Å². The molecule has 10 heteroatoms. The van der Waals surface area contributed by atoms with Crippen LogP contribution in [0.25, 0.3) is 0 Å². The third kappa shape index (κ3) is 7.21. The first-order valence-corrected chi connectivity index (χ1v) is 12.1. The second-order valence-electron chi connectivity index (χ2n) is 8.30. The lowest BCUT2D eigenvalue weighted by Gasteiger charge is -2.17. The maximum absolute atomic E-state index is 12.5. The van der Waals surface area contributed by atoms with Crippen LogP contribution in [0.2, 0.25) is 5.02 Å². The van der Waals surface area contributed by atoms with Gasteiger partial charge in [-0.25, -0.2) is 4.79 Å². The number of halogens is 1. The first-order chi connectivity index (χ1) is 17.3. The van der Waals surface area contributed by atoms with Crippen LogP contribution in [0, 0.1) is 5.92 Å². The van der Waals surface area contributed by atoms with Crippen LogP contribution in [-0.2, 0) is 23.9 Å². The van der Waals surface area contributed by atoms with Crippen LogP contribution in [-0.4, -0.2) is 50.6 Å². The van der Waals surface area contributed by atoms with E-state index in [1.54, 1.807) is 36.4 Å². The maximum atomic E-state index is 12.5. The molecule has 2 aromatic rings. The summed E-state index contributed by atoms with van der Waals surface area (Å²) in [7, 11) is 1.45. The number of amides is 2. The third-order valence-electron chi connectivity index (χ3n) is 5.64. The zero-order valence-electron chi connectivity index (χ0n) is 20.3. The number of carbonyl (C=O) groups excluding carboxylic acids is 4. The normalized spacial score (nSPS) is 14.9. The van der Waals surface area contributed by atoms with Gasteiger partial charge in [-0.15, -0.1) is 0 Å². The van der Waals surface area contributed by atoms with E-state index in [2.05, 4.69) is 12.2 Å². The molecule has 36 heavy (non-hydrogen) atoms. The molecule has 1 N–H and O–H groups in total. The van der Waals surface area contributed by atoms with E-state index in [9.17, 15) is 19.2 Å². The van der Waals surface area contributed by atoms with E-state index in [4.69, 9.17) is 25.8 Å². The van der Waals surface area contributed by atoms with Crippen LogP contribution in [0.5, 0.6) is 5.75 Å². The predicted octanol–water partition coefficient (Wildman–Crippen LogP) is 4.23. The molecule has 1 fully saturated rings. The standard InChI is InChI=1S/C26H29ClN2O7/c1-3-4-5-12-35-25(32)17-6-9-20(10-7-17)29-15-18(13-24(29)31)26(33)36-16-23(30)28-21-14-19(27)8-11-22(21)34-2/h6-11,14,18H,3-5,12-13,15-16H2,1-2H3,(H,28,30)/t18-/m0/s1. The molecule has 0 saturated carbocycles. The molecule has 2 amide bonds. The fraction of sp³-hybridized carbons (Fsp3) is 0.385. The summed E-state index contributed by atoms with van der Waals surface area (Å²) in [4.78, 5) is 50.9. The van der Waals surface area contributed by atoms with Gasteiger partial charge in [-0.1, -0.05) is 31.4 Å². The Labute approximate surface area is 214 Å². The predicted molar refractivity (Wildman–Crippen MR) is 134 cm³/mol. The molecule has 0 aliphatic carbocycles. The van der Waals surface area contributed by atoms with E-state index in [0.29, 0.717) is 34.3 Å².